The summed E-state index contributed by atoms with van der Waals surface area (Å²) in [4.78, 5) is 10.8. The van der Waals surface area contributed by atoms with Crippen LogP contribution in [0.4, 0.5) is 0 Å². The normalized spacial score (nSPS) is 12.3. The molecule has 2 aromatic rings. The molecule has 0 saturated carbocycles. The van der Waals surface area contributed by atoms with Crippen LogP contribution < -0.4 is 4.74 Å². The molecule has 0 heterocycles. The number of hydrogen-bond donors (Lipinski definition) is 1. The Hall–Kier alpha value is -2.03. The van der Waals surface area contributed by atoms with Gasteiger partial charge >= 0.3 is 5.97 Å². The van der Waals surface area contributed by atoms with Gasteiger partial charge in [0.15, 0.2) is 0 Å². The van der Waals surface area contributed by atoms with Crippen LogP contribution in [0.5, 0.6) is 5.75 Å². The number of carbonyl (C=O) groups is 1. The summed E-state index contributed by atoms with van der Waals surface area (Å²) in [6, 6.07) is 11.9. The van der Waals surface area contributed by atoms with Crippen molar-refractivity contribution >= 4 is 16.7 Å². The van der Waals surface area contributed by atoms with Gasteiger partial charge in [0.2, 0.25) is 0 Å². The zero-order chi connectivity index (χ0) is 13.1. The second-order valence-corrected chi connectivity index (χ2v) is 4.49. The Morgan fingerprint density at radius 1 is 1.22 bits per heavy atom. The average molecular weight is 244 g/mol. The van der Waals surface area contributed by atoms with E-state index in [2.05, 4.69) is 0 Å². The second kappa shape index (κ2) is 5.08. The maximum atomic E-state index is 10.8. The van der Waals surface area contributed by atoms with Crippen molar-refractivity contribution < 1.29 is 14.6 Å². The van der Waals surface area contributed by atoms with E-state index in [4.69, 9.17) is 9.84 Å². The molecule has 2 aromatic carbocycles. The molecule has 0 radical (unpaired) electrons. The molecule has 2 rings (SSSR count). The number of carboxylic acids is 1. The highest BCUT2D eigenvalue weighted by Crippen LogP contribution is 2.22. The van der Waals surface area contributed by atoms with Crippen molar-refractivity contribution in [2.75, 3.05) is 7.11 Å². The minimum Gasteiger partial charge on any atom is -0.497 e. The van der Waals surface area contributed by atoms with Crippen LogP contribution in [0.25, 0.3) is 10.8 Å². The van der Waals surface area contributed by atoms with Crippen LogP contribution in [0.15, 0.2) is 36.4 Å². The van der Waals surface area contributed by atoms with Gasteiger partial charge in [-0.2, -0.15) is 0 Å². The van der Waals surface area contributed by atoms with Crippen LogP contribution in [-0.4, -0.2) is 18.2 Å². The minimum atomic E-state index is -0.759. The molecule has 0 fully saturated rings. The van der Waals surface area contributed by atoms with Gasteiger partial charge in [0.1, 0.15) is 5.75 Å². The molecule has 1 atom stereocenters. The van der Waals surface area contributed by atoms with Crippen LogP contribution in [0.1, 0.15) is 12.5 Å². The predicted molar refractivity (Wildman–Crippen MR) is 71.0 cm³/mol. The highest BCUT2D eigenvalue weighted by Gasteiger charge is 2.11. The minimum absolute atomic E-state index is 0.360. The van der Waals surface area contributed by atoms with Gasteiger partial charge in [-0.05, 0) is 34.9 Å². The molecule has 0 aliphatic carbocycles. The van der Waals surface area contributed by atoms with Crippen molar-refractivity contribution in [2.24, 2.45) is 5.92 Å². The summed E-state index contributed by atoms with van der Waals surface area (Å²) in [5.74, 6) is -0.292. The van der Waals surface area contributed by atoms with Gasteiger partial charge in [0.25, 0.3) is 0 Å². The Labute approximate surface area is 106 Å². The molecule has 0 spiro atoms. The van der Waals surface area contributed by atoms with E-state index >= 15 is 0 Å². The van der Waals surface area contributed by atoms with Crippen molar-refractivity contribution in [1.29, 1.82) is 0 Å². The lowest BCUT2D eigenvalue weighted by Crippen LogP contribution is -2.12. The largest absolute Gasteiger partial charge is 0.497 e. The lowest BCUT2D eigenvalue weighted by Gasteiger charge is -2.08. The van der Waals surface area contributed by atoms with Crippen LogP contribution in [-0.2, 0) is 11.2 Å². The van der Waals surface area contributed by atoms with Gasteiger partial charge in [-0.25, -0.2) is 0 Å². The van der Waals surface area contributed by atoms with E-state index in [0.29, 0.717) is 6.42 Å². The molecule has 94 valence electrons. The predicted octanol–water partition coefficient (Wildman–Crippen LogP) is 3.11. The molecule has 0 bridgehead atoms. The van der Waals surface area contributed by atoms with E-state index in [9.17, 15) is 4.79 Å². The van der Waals surface area contributed by atoms with Crippen LogP contribution in [0.3, 0.4) is 0 Å². The lowest BCUT2D eigenvalue weighted by molar-refractivity contribution is -0.141. The number of ether oxygens (including phenoxy) is 1. The van der Waals surface area contributed by atoms with Gasteiger partial charge < -0.3 is 9.84 Å². The van der Waals surface area contributed by atoms with Gasteiger partial charge in [0.05, 0.1) is 13.0 Å². The first kappa shape index (κ1) is 12.4. The van der Waals surface area contributed by atoms with Gasteiger partial charge in [-0.15, -0.1) is 0 Å². The molecule has 3 heteroatoms. The van der Waals surface area contributed by atoms with E-state index in [-0.39, 0.29) is 5.92 Å². The summed E-state index contributed by atoms with van der Waals surface area (Å²) < 4.78 is 5.17. The van der Waals surface area contributed by atoms with Gasteiger partial charge in [-0.3, -0.25) is 4.79 Å². The number of hydrogen-bond acceptors (Lipinski definition) is 2. The molecule has 1 unspecified atom stereocenters. The Balaban J connectivity index is 2.30. The molecule has 0 aliphatic rings. The molecule has 0 aliphatic heterocycles. The van der Waals surface area contributed by atoms with Crippen LogP contribution in [0.2, 0.25) is 0 Å². The zero-order valence-electron chi connectivity index (χ0n) is 10.5. The highest BCUT2D eigenvalue weighted by molar-refractivity contribution is 5.84. The first-order valence-corrected chi connectivity index (χ1v) is 5.89. The molecule has 3 nitrogen and oxygen atoms in total. The van der Waals surface area contributed by atoms with Crippen molar-refractivity contribution in [3.05, 3.63) is 42.0 Å². The Kier molecular flexibility index (Phi) is 3.51. The van der Waals surface area contributed by atoms with Crippen molar-refractivity contribution in [1.82, 2.24) is 0 Å². The number of methoxy groups -OCH3 is 1. The number of rotatable bonds is 4. The van der Waals surface area contributed by atoms with E-state index in [1.807, 2.05) is 36.4 Å². The third-order valence-corrected chi connectivity index (χ3v) is 3.08. The fourth-order valence-corrected chi connectivity index (χ4v) is 1.97. The summed E-state index contributed by atoms with van der Waals surface area (Å²) in [6.07, 6.45) is 0.553. The van der Waals surface area contributed by atoms with Gasteiger partial charge in [-0.1, -0.05) is 31.2 Å². The highest BCUT2D eigenvalue weighted by atomic mass is 16.5. The lowest BCUT2D eigenvalue weighted by atomic mass is 9.98. The van der Waals surface area contributed by atoms with Crippen LogP contribution in [0, 0.1) is 5.92 Å². The fraction of sp³-hybridized carbons (Fsp3) is 0.267. The first-order chi connectivity index (χ1) is 8.60. The SMILES string of the molecule is COc1ccc2cc(CC(C)C(=O)O)ccc2c1. The van der Waals surface area contributed by atoms with Gasteiger partial charge in [0, 0.05) is 0 Å². The average Bonchev–Trinajstić information content (AvgIpc) is 2.37. The van der Waals surface area contributed by atoms with Crippen molar-refractivity contribution in [2.45, 2.75) is 13.3 Å². The summed E-state index contributed by atoms with van der Waals surface area (Å²) in [5.41, 5.74) is 1.04. The maximum absolute atomic E-state index is 10.8. The zero-order valence-corrected chi connectivity index (χ0v) is 10.5. The molecule has 1 N–H and O–H groups in total. The maximum Gasteiger partial charge on any atom is 0.306 e. The molecule has 0 saturated heterocycles. The summed E-state index contributed by atoms with van der Waals surface area (Å²) in [5, 5.41) is 11.1. The number of aliphatic carboxylic acids is 1. The topological polar surface area (TPSA) is 46.5 Å². The quantitative estimate of drug-likeness (QED) is 0.898. The Morgan fingerprint density at radius 3 is 2.56 bits per heavy atom. The van der Waals surface area contributed by atoms with E-state index in [0.717, 1.165) is 22.1 Å². The Bertz CT molecular complexity index is 575. The summed E-state index contributed by atoms with van der Waals surface area (Å²) in [6.45, 7) is 1.72. The third kappa shape index (κ3) is 2.62. The first-order valence-electron chi connectivity index (χ1n) is 5.89. The molecule has 0 aromatic heterocycles. The van der Waals surface area contributed by atoms with E-state index < -0.39 is 5.97 Å². The summed E-state index contributed by atoms with van der Waals surface area (Å²) in [7, 11) is 1.64. The van der Waals surface area contributed by atoms with E-state index in [1.54, 1.807) is 14.0 Å². The third-order valence-electron chi connectivity index (χ3n) is 3.08. The molecular formula is C15H16O3. The van der Waals surface area contributed by atoms with Crippen molar-refractivity contribution in [3.63, 3.8) is 0 Å². The molecule has 18 heavy (non-hydrogen) atoms. The van der Waals surface area contributed by atoms with Crippen molar-refractivity contribution in [3.8, 4) is 5.75 Å². The van der Waals surface area contributed by atoms with E-state index in [1.165, 1.54) is 0 Å². The molecule has 0 amide bonds. The van der Waals surface area contributed by atoms with Crippen LogP contribution >= 0.6 is 0 Å². The number of benzene rings is 2. The molecular weight excluding hydrogens is 228 g/mol. The summed E-state index contributed by atoms with van der Waals surface area (Å²) >= 11 is 0. The monoisotopic (exact) mass is 244 g/mol. The number of fused-ring (bicyclic) bond motifs is 1. The fourth-order valence-electron chi connectivity index (χ4n) is 1.97. The Morgan fingerprint density at radius 2 is 1.89 bits per heavy atom. The second-order valence-electron chi connectivity index (χ2n) is 4.49. The standard InChI is InChI=1S/C15H16O3/c1-10(15(16)17)7-11-3-4-13-9-14(18-2)6-5-12(13)8-11/h3-6,8-10H,7H2,1-2H3,(H,16,17). The smallest absolute Gasteiger partial charge is 0.306 e. The number of carboxylic acid groups (broad SMARTS) is 1.